The van der Waals surface area contributed by atoms with Gasteiger partial charge in [-0.2, -0.15) is 0 Å². The fraction of sp³-hybridized carbons (Fsp3) is 0.500. The van der Waals surface area contributed by atoms with Gasteiger partial charge in [0, 0.05) is 38.6 Å². The summed E-state index contributed by atoms with van der Waals surface area (Å²) in [6.45, 7) is 7.85. The number of unbranched alkanes of at least 4 members (excludes halogenated alkanes) is 1. The number of nitrogens with zero attached hydrogens (tertiary/aromatic N) is 3. The maximum atomic E-state index is 4.67. The van der Waals surface area contributed by atoms with E-state index < -0.39 is 0 Å². The van der Waals surface area contributed by atoms with Crippen LogP contribution < -0.4 is 10.6 Å². The molecule has 136 valence electrons. The predicted octanol–water partition coefficient (Wildman–Crippen LogP) is 3.16. The zero-order chi connectivity index (χ0) is 17.7. The van der Waals surface area contributed by atoms with Crippen LogP contribution in [0, 0.1) is 6.92 Å². The molecule has 0 radical (unpaired) electrons. The van der Waals surface area contributed by atoms with Gasteiger partial charge in [-0.3, -0.25) is 4.99 Å². The third-order valence-corrected chi connectivity index (χ3v) is 4.12. The Kier molecular flexibility index (Phi) is 8.59. The number of aromatic nitrogens is 2. The van der Waals surface area contributed by atoms with E-state index in [4.69, 9.17) is 0 Å². The van der Waals surface area contributed by atoms with Crippen LogP contribution in [0.5, 0.6) is 0 Å². The third-order valence-electron chi connectivity index (χ3n) is 4.12. The Hall–Kier alpha value is -2.30. The van der Waals surface area contributed by atoms with Crippen LogP contribution in [0.2, 0.25) is 0 Å². The molecule has 0 spiro atoms. The summed E-state index contributed by atoms with van der Waals surface area (Å²) >= 11 is 0. The molecule has 0 aliphatic rings. The van der Waals surface area contributed by atoms with Crippen molar-refractivity contribution in [3.05, 3.63) is 54.1 Å². The number of rotatable bonds is 10. The van der Waals surface area contributed by atoms with Gasteiger partial charge in [0.2, 0.25) is 0 Å². The first-order chi connectivity index (χ1) is 12.3. The molecule has 0 aliphatic carbocycles. The number of hydrogen-bond acceptors (Lipinski definition) is 2. The van der Waals surface area contributed by atoms with E-state index in [1.165, 1.54) is 5.56 Å². The molecule has 0 bridgehead atoms. The first-order valence-electron chi connectivity index (χ1n) is 9.33. The van der Waals surface area contributed by atoms with E-state index in [0.717, 1.165) is 63.6 Å². The van der Waals surface area contributed by atoms with Crippen LogP contribution in [0.1, 0.15) is 37.6 Å². The minimum Gasteiger partial charge on any atom is -0.357 e. The molecule has 1 heterocycles. The molecule has 2 rings (SSSR count). The smallest absolute Gasteiger partial charge is 0.191 e. The fourth-order valence-electron chi connectivity index (χ4n) is 2.71. The van der Waals surface area contributed by atoms with Gasteiger partial charge in [-0.05, 0) is 45.1 Å². The summed E-state index contributed by atoms with van der Waals surface area (Å²) in [6.07, 6.45) is 8.30. The summed E-state index contributed by atoms with van der Waals surface area (Å²) in [5.41, 5.74) is 1.38. The maximum absolute atomic E-state index is 4.67. The molecule has 0 saturated carbocycles. The van der Waals surface area contributed by atoms with Crippen LogP contribution in [0.3, 0.4) is 0 Å². The van der Waals surface area contributed by atoms with Gasteiger partial charge < -0.3 is 15.2 Å². The van der Waals surface area contributed by atoms with Crippen molar-refractivity contribution in [3.63, 3.8) is 0 Å². The summed E-state index contributed by atoms with van der Waals surface area (Å²) in [5.74, 6) is 2.01. The van der Waals surface area contributed by atoms with Crippen molar-refractivity contribution >= 4 is 5.96 Å². The standard InChI is InChI=1S/C20H31N5/c1-3-21-20(24-14-9-12-19-10-5-4-6-11-19)23-13-7-8-16-25-17-15-22-18(25)2/h4-6,10-11,15,17H,3,7-9,12-14,16H2,1-2H3,(H2,21,23,24). The second-order valence-corrected chi connectivity index (χ2v) is 6.15. The van der Waals surface area contributed by atoms with Gasteiger partial charge in [-0.15, -0.1) is 0 Å². The molecule has 5 heteroatoms. The Bertz CT molecular complexity index is 618. The van der Waals surface area contributed by atoms with Gasteiger partial charge in [-0.25, -0.2) is 4.98 Å². The first-order valence-corrected chi connectivity index (χ1v) is 9.33. The molecule has 0 aliphatic heterocycles. The summed E-state index contributed by atoms with van der Waals surface area (Å²) in [6, 6.07) is 10.6. The number of imidazole rings is 1. The van der Waals surface area contributed by atoms with Crippen molar-refractivity contribution < 1.29 is 0 Å². The highest BCUT2D eigenvalue weighted by atomic mass is 15.2. The lowest BCUT2D eigenvalue weighted by Crippen LogP contribution is -2.38. The lowest BCUT2D eigenvalue weighted by Gasteiger charge is -2.11. The molecular formula is C20H31N5. The molecule has 0 amide bonds. The zero-order valence-electron chi connectivity index (χ0n) is 15.5. The number of guanidine groups is 1. The number of benzene rings is 1. The molecule has 0 unspecified atom stereocenters. The summed E-state index contributed by atoms with van der Waals surface area (Å²) in [7, 11) is 0. The quantitative estimate of drug-likeness (QED) is 0.396. The Balaban J connectivity index is 1.62. The topological polar surface area (TPSA) is 54.2 Å². The average molecular weight is 342 g/mol. The largest absolute Gasteiger partial charge is 0.357 e. The second-order valence-electron chi connectivity index (χ2n) is 6.15. The third kappa shape index (κ3) is 7.42. The van der Waals surface area contributed by atoms with Crippen LogP contribution in [-0.4, -0.2) is 35.1 Å². The minimum atomic E-state index is 0.846. The maximum Gasteiger partial charge on any atom is 0.191 e. The van der Waals surface area contributed by atoms with Crippen molar-refractivity contribution in [3.8, 4) is 0 Å². The molecule has 5 nitrogen and oxygen atoms in total. The summed E-state index contributed by atoms with van der Waals surface area (Å²) in [4.78, 5) is 8.92. The second kappa shape index (κ2) is 11.3. The number of aliphatic imine (C=N–C) groups is 1. The number of aryl methyl sites for hydroxylation is 3. The normalized spacial score (nSPS) is 11.5. The molecule has 0 saturated heterocycles. The molecule has 0 atom stereocenters. The monoisotopic (exact) mass is 341 g/mol. The molecule has 1 aromatic carbocycles. The first kappa shape index (κ1) is 19.0. The lowest BCUT2D eigenvalue weighted by atomic mass is 10.1. The van der Waals surface area contributed by atoms with Gasteiger partial charge in [-0.1, -0.05) is 30.3 Å². The molecule has 0 fully saturated rings. The van der Waals surface area contributed by atoms with Crippen molar-refractivity contribution in [1.82, 2.24) is 20.2 Å². The predicted molar refractivity (Wildman–Crippen MR) is 105 cm³/mol. The van der Waals surface area contributed by atoms with Crippen molar-refractivity contribution in [2.75, 3.05) is 19.6 Å². The van der Waals surface area contributed by atoms with Crippen LogP contribution in [0.25, 0.3) is 0 Å². The van der Waals surface area contributed by atoms with Crippen molar-refractivity contribution in [1.29, 1.82) is 0 Å². The molecular weight excluding hydrogens is 310 g/mol. The minimum absolute atomic E-state index is 0.846. The van der Waals surface area contributed by atoms with E-state index >= 15 is 0 Å². The Labute approximate surface area is 151 Å². The van der Waals surface area contributed by atoms with Gasteiger partial charge in [0.1, 0.15) is 5.82 Å². The van der Waals surface area contributed by atoms with E-state index in [2.05, 4.69) is 62.4 Å². The van der Waals surface area contributed by atoms with Crippen LogP contribution in [-0.2, 0) is 13.0 Å². The Morgan fingerprint density at radius 2 is 1.96 bits per heavy atom. The van der Waals surface area contributed by atoms with Crippen molar-refractivity contribution in [2.45, 2.75) is 46.1 Å². The van der Waals surface area contributed by atoms with Crippen LogP contribution >= 0.6 is 0 Å². The van der Waals surface area contributed by atoms with Gasteiger partial charge >= 0.3 is 0 Å². The molecule has 2 aromatic rings. The SMILES string of the molecule is CCNC(=NCCCc1ccccc1)NCCCCn1ccnc1C. The van der Waals surface area contributed by atoms with E-state index in [9.17, 15) is 0 Å². The summed E-state index contributed by atoms with van der Waals surface area (Å²) in [5, 5.41) is 6.75. The van der Waals surface area contributed by atoms with Crippen LogP contribution in [0.15, 0.2) is 47.7 Å². The Morgan fingerprint density at radius 3 is 2.68 bits per heavy atom. The van der Waals surface area contributed by atoms with Gasteiger partial charge in [0.15, 0.2) is 5.96 Å². The summed E-state index contributed by atoms with van der Waals surface area (Å²) < 4.78 is 2.20. The molecule has 2 N–H and O–H groups in total. The Morgan fingerprint density at radius 1 is 1.12 bits per heavy atom. The molecule has 25 heavy (non-hydrogen) atoms. The average Bonchev–Trinajstić information content (AvgIpc) is 3.04. The van der Waals surface area contributed by atoms with E-state index in [1.807, 2.05) is 19.3 Å². The van der Waals surface area contributed by atoms with Gasteiger partial charge in [0.05, 0.1) is 0 Å². The number of hydrogen-bond donors (Lipinski definition) is 2. The molecule has 1 aromatic heterocycles. The zero-order valence-corrected chi connectivity index (χ0v) is 15.5. The van der Waals surface area contributed by atoms with Gasteiger partial charge in [0.25, 0.3) is 0 Å². The van der Waals surface area contributed by atoms with E-state index in [1.54, 1.807) is 0 Å². The number of nitrogens with one attached hydrogen (secondary N) is 2. The highest BCUT2D eigenvalue weighted by Crippen LogP contribution is 2.02. The fourth-order valence-corrected chi connectivity index (χ4v) is 2.71. The van der Waals surface area contributed by atoms with Crippen LogP contribution in [0.4, 0.5) is 0 Å². The highest BCUT2D eigenvalue weighted by Gasteiger charge is 1.99. The highest BCUT2D eigenvalue weighted by molar-refractivity contribution is 5.79. The lowest BCUT2D eigenvalue weighted by molar-refractivity contribution is 0.588. The van der Waals surface area contributed by atoms with E-state index in [-0.39, 0.29) is 0 Å². The van der Waals surface area contributed by atoms with Crippen molar-refractivity contribution in [2.24, 2.45) is 4.99 Å². The van der Waals surface area contributed by atoms with E-state index in [0.29, 0.717) is 0 Å².